The first-order valence-corrected chi connectivity index (χ1v) is 13.6. The van der Waals surface area contributed by atoms with Gasteiger partial charge in [-0.25, -0.2) is 13.4 Å². The smallest absolute Gasteiger partial charge is 0.233 e. The third-order valence-electron chi connectivity index (χ3n) is 5.84. The highest BCUT2D eigenvalue weighted by atomic mass is 35.5. The number of hydrogen-bond acceptors (Lipinski definition) is 6. The molecule has 0 spiro atoms. The number of halogens is 1. The molecule has 0 aliphatic carbocycles. The number of rotatable bonds is 6. The Morgan fingerprint density at radius 2 is 2.03 bits per heavy atom. The number of amides is 1. The van der Waals surface area contributed by atoms with Gasteiger partial charge in [0.15, 0.2) is 15.0 Å². The van der Waals surface area contributed by atoms with E-state index in [1.165, 1.54) is 11.8 Å². The zero-order valence-electron chi connectivity index (χ0n) is 17.1. The summed E-state index contributed by atoms with van der Waals surface area (Å²) in [6.07, 6.45) is 1.69. The summed E-state index contributed by atoms with van der Waals surface area (Å²) in [6.45, 7) is 5.74. The zero-order valence-corrected chi connectivity index (χ0v) is 19.5. The number of benzene rings is 1. The van der Waals surface area contributed by atoms with Gasteiger partial charge in [0.25, 0.3) is 0 Å². The minimum atomic E-state index is -2.88. The number of piperazine rings is 1. The molecule has 3 heterocycles. The minimum absolute atomic E-state index is 0.104. The average molecular weight is 471 g/mol. The topological polar surface area (TPSA) is 75.5 Å². The number of hydrogen-bond donors (Lipinski definition) is 0. The Bertz CT molecular complexity index is 1030. The van der Waals surface area contributed by atoms with E-state index in [1.54, 1.807) is 0 Å². The summed E-state index contributed by atoms with van der Waals surface area (Å²) in [4.78, 5) is 21.6. The molecule has 2 aliphatic rings. The van der Waals surface area contributed by atoms with Crippen molar-refractivity contribution in [2.45, 2.75) is 37.5 Å². The number of nitrogens with zero attached hydrogens (tertiary/aromatic N) is 4. The molecule has 7 nitrogen and oxygen atoms in total. The van der Waals surface area contributed by atoms with E-state index in [4.69, 9.17) is 16.6 Å². The van der Waals surface area contributed by atoms with Crippen molar-refractivity contribution in [2.75, 3.05) is 43.4 Å². The number of imidazole rings is 1. The molecule has 1 aromatic carbocycles. The number of aryl methyl sites for hydroxylation is 1. The van der Waals surface area contributed by atoms with Gasteiger partial charge in [-0.05, 0) is 31.0 Å². The van der Waals surface area contributed by atoms with E-state index in [0.717, 1.165) is 42.2 Å². The van der Waals surface area contributed by atoms with Crippen molar-refractivity contribution in [2.24, 2.45) is 0 Å². The summed E-state index contributed by atoms with van der Waals surface area (Å²) in [7, 11) is -2.88. The molecule has 0 bridgehead atoms. The molecule has 0 unspecified atom stereocenters. The van der Waals surface area contributed by atoms with Crippen molar-refractivity contribution in [1.82, 2.24) is 19.4 Å². The SMILES string of the molecule is CCCn1c(SCC(=O)N2CCN([C@@H]3CCS(=O)(=O)C3)CC2)nc2cc(Cl)ccc21. The van der Waals surface area contributed by atoms with Gasteiger partial charge in [0.05, 0.1) is 28.3 Å². The molecule has 2 saturated heterocycles. The third-order valence-corrected chi connectivity index (χ3v) is 8.79. The Labute approximate surface area is 186 Å². The van der Waals surface area contributed by atoms with Crippen molar-refractivity contribution in [3.8, 4) is 0 Å². The van der Waals surface area contributed by atoms with Crippen LogP contribution >= 0.6 is 23.4 Å². The Hall–Kier alpha value is -1.29. The quantitative estimate of drug-likeness (QED) is 0.604. The highest BCUT2D eigenvalue weighted by molar-refractivity contribution is 7.99. The van der Waals surface area contributed by atoms with E-state index < -0.39 is 9.84 Å². The molecule has 0 radical (unpaired) electrons. The first kappa shape index (κ1) is 21.9. The molecule has 2 aliphatic heterocycles. The van der Waals surface area contributed by atoms with E-state index in [0.29, 0.717) is 30.3 Å². The van der Waals surface area contributed by atoms with Crippen LogP contribution in [0.1, 0.15) is 19.8 Å². The van der Waals surface area contributed by atoms with E-state index >= 15 is 0 Å². The predicted molar refractivity (Wildman–Crippen MR) is 121 cm³/mol. The van der Waals surface area contributed by atoms with Crippen LogP contribution in [0.4, 0.5) is 0 Å². The van der Waals surface area contributed by atoms with E-state index in [-0.39, 0.29) is 23.5 Å². The Morgan fingerprint density at radius 1 is 1.27 bits per heavy atom. The third kappa shape index (κ3) is 4.79. The predicted octanol–water partition coefficient (Wildman–Crippen LogP) is 2.52. The average Bonchev–Trinajstić information content (AvgIpc) is 3.26. The van der Waals surface area contributed by atoms with Gasteiger partial charge >= 0.3 is 0 Å². The van der Waals surface area contributed by atoms with Crippen molar-refractivity contribution >= 4 is 50.1 Å². The fourth-order valence-electron chi connectivity index (χ4n) is 4.25. The highest BCUT2D eigenvalue weighted by Crippen LogP contribution is 2.27. The molecule has 0 saturated carbocycles. The number of fused-ring (bicyclic) bond motifs is 1. The summed E-state index contributed by atoms with van der Waals surface area (Å²) >= 11 is 7.58. The summed E-state index contributed by atoms with van der Waals surface area (Å²) < 4.78 is 25.6. The van der Waals surface area contributed by atoms with Crippen LogP contribution in [0.2, 0.25) is 5.02 Å². The monoisotopic (exact) mass is 470 g/mol. The van der Waals surface area contributed by atoms with Crippen LogP contribution in [-0.4, -0.2) is 83.2 Å². The maximum atomic E-state index is 12.8. The van der Waals surface area contributed by atoms with E-state index in [9.17, 15) is 13.2 Å². The standard InChI is InChI=1S/C20H27ClN4O3S2/c1-2-6-25-18-4-3-15(21)12-17(18)22-20(25)29-13-19(26)24-9-7-23(8-10-24)16-5-11-30(27,28)14-16/h3-4,12,16H,2,5-11,13-14H2,1H3/t16-/m1/s1. The molecule has 2 fully saturated rings. The van der Waals surface area contributed by atoms with Crippen molar-refractivity contribution < 1.29 is 13.2 Å². The molecule has 1 amide bonds. The van der Waals surface area contributed by atoms with Crippen molar-refractivity contribution in [1.29, 1.82) is 0 Å². The number of thioether (sulfide) groups is 1. The molecule has 30 heavy (non-hydrogen) atoms. The van der Waals surface area contributed by atoms with Gasteiger partial charge in [-0.1, -0.05) is 30.3 Å². The lowest BCUT2D eigenvalue weighted by molar-refractivity contribution is -0.130. The van der Waals surface area contributed by atoms with Crippen LogP contribution in [0.5, 0.6) is 0 Å². The fourth-order valence-corrected chi connectivity index (χ4v) is 7.12. The van der Waals surface area contributed by atoms with Crippen LogP contribution < -0.4 is 0 Å². The van der Waals surface area contributed by atoms with Gasteiger partial charge in [-0.2, -0.15) is 0 Å². The normalized spacial score (nSPS) is 22.1. The first-order chi connectivity index (χ1) is 14.4. The van der Waals surface area contributed by atoms with Gasteiger partial charge in [0, 0.05) is 43.8 Å². The molecule has 0 N–H and O–H groups in total. The molecule has 10 heteroatoms. The second kappa shape index (κ2) is 9.06. The largest absolute Gasteiger partial charge is 0.339 e. The minimum Gasteiger partial charge on any atom is -0.339 e. The number of aromatic nitrogens is 2. The fraction of sp³-hybridized carbons (Fsp3) is 0.600. The van der Waals surface area contributed by atoms with Gasteiger partial charge in [-0.3, -0.25) is 9.69 Å². The summed E-state index contributed by atoms with van der Waals surface area (Å²) in [5.41, 5.74) is 1.89. The lowest BCUT2D eigenvalue weighted by Crippen LogP contribution is -2.52. The van der Waals surface area contributed by atoms with Gasteiger partial charge < -0.3 is 9.47 Å². The summed E-state index contributed by atoms with van der Waals surface area (Å²) in [5.74, 6) is 0.997. The number of carbonyl (C=O) groups excluding carboxylic acids is 1. The van der Waals surface area contributed by atoms with Crippen LogP contribution in [0.3, 0.4) is 0 Å². The molecule has 164 valence electrons. The highest BCUT2D eigenvalue weighted by Gasteiger charge is 2.34. The van der Waals surface area contributed by atoms with Gasteiger partial charge in [0.2, 0.25) is 5.91 Å². The van der Waals surface area contributed by atoms with Crippen LogP contribution in [0.15, 0.2) is 23.4 Å². The molecule has 1 aromatic heterocycles. The van der Waals surface area contributed by atoms with Gasteiger partial charge in [-0.15, -0.1) is 0 Å². The van der Waals surface area contributed by atoms with Crippen molar-refractivity contribution in [3.63, 3.8) is 0 Å². The Kier molecular flexibility index (Phi) is 6.62. The summed E-state index contributed by atoms with van der Waals surface area (Å²) in [6, 6.07) is 5.82. The second-order valence-corrected chi connectivity index (χ2v) is 11.5. The maximum Gasteiger partial charge on any atom is 0.233 e. The van der Waals surface area contributed by atoms with Crippen LogP contribution in [-0.2, 0) is 21.2 Å². The lowest BCUT2D eigenvalue weighted by atomic mass is 10.2. The Balaban J connectivity index is 1.35. The molecular weight excluding hydrogens is 444 g/mol. The molecule has 4 rings (SSSR count). The van der Waals surface area contributed by atoms with Crippen LogP contribution in [0.25, 0.3) is 11.0 Å². The van der Waals surface area contributed by atoms with Crippen LogP contribution in [0, 0.1) is 0 Å². The molecule has 2 aromatic rings. The van der Waals surface area contributed by atoms with Gasteiger partial charge in [0.1, 0.15) is 0 Å². The molecular formula is C20H27ClN4O3S2. The van der Waals surface area contributed by atoms with E-state index in [2.05, 4.69) is 16.4 Å². The second-order valence-electron chi connectivity index (χ2n) is 7.94. The first-order valence-electron chi connectivity index (χ1n) is 10.4. The summed E-state index contributed by atoms with van der Waals surface area (Å²) in [5, 5.41) is 1.50. The van der Waals surface area contributed by atoms with E-state index in [1.807, 2.05) is 23.1 Å². The Morgan fingerprint density at radius 3 is 2.70 bits per heavy atom. The lowest BCUT2D eigenvalue weighted by Gasteiger charge is -2.37. The number of sulfone groups is 1. The maximum absolute atomic E-state index is 12.8. The van der Waals surface area contributed by atoms with Crippen molar-refractivity contribution in [3.05, 3.63) is 23.2 Å². The number of carbonyl (C=O) groups is 1. The molecule has 1 atom stereocenters. The zero-order chi connectivity index (χ0) is 21.3.